The lowest BCUT2D eigenvalue weighted by Gasteiger charge is -2.54. The van der Waals surface area contributed by atoms with Gasteiger partial charge in [0.05, 0.1) is 12.0 Å². The van der Waals surface area contributed by atoms with E-state index in [9.17, 15) is 14.4 Å². The summed E-state index contributed by atoms with van der Waals surface area (Å²) < 4.78 is 50.4. The molecule has 7 heterocycles. The van der Waals surface area contributed by atoms with Crippen molar-refractivity contribution in [2.24, 2.45) is 16.7 Å². The summed E-state index contributed by atoms with van der Waals surface area (Å²) in [4.78, 5) is 63.5. The van der Waals surface area contributed by atoms with Crippen LogP contribution in [0.15, 0.2) is 60.8 Å². The molecule has 0 unspecified atom stereocenters. The van der Waals surface area contributed by atoms with Crippen LogP contribution in [0.2, 0.25) is 0 Å². The van der Waals surface area contributed by atoms with Crippen LogP contribution in [0.3, 0.4) is 0 Å². The number of methoxy groups -OCH3 is 1. The monoisotopic (exact) mass is 1020 g/mol. The molecule has 3 aromatic carbocycles. The lowest BCUT2D eigenvalue weighted by molar-refractivity contribution is -0.136. The fourth-order valence-corrected chi connectivity index (χ4v) is 13.2. The minimum Gasteiger partial charge on any atom is -0.468 e. The Morgan fingerprint density at radius 1 is 0.827 bits per heavy atom. The van der Waals surface area contributed by atoms with Crippen LogP contribution in [0.5, 0.6) is 11.8 Å². The third-order valence-corrected chi connectivity index (χ3v) is 17.5. The number of hydrogen-bond acceptors (Lipinski definition) is 13. The molecular weight excluding hydrogens is 957 g/mol. The lowest BCUT2D eigenvalue weighted by Crippen LogP contribution is -2.53. The maximum atomic E-state index is 17.4. The lowest BCUT2D eigenvalue weighted by atomic mass is 9.57. The van der Waals surface area contributed by atoms with Crippen LogP contribution in [0, 0.1) is 28.4 Å². The number of ether oxygens (including phenoxy) is 3. The highest BCUT2D eigenvalue weighted by Crippen LogP contribution is 2.54. The van der Waals surface area contributed by atoms with Crippen molar-refractivity contribution in [3.05, 3.63) is 89.1 Å². The van der Waals surface area contributed by atoms with E-state index in [-0.39, 0.29) is 59.4 Å². The Morgan fingerprint density at radius 3 is 2.35 bits per heavy atom. The van der Waals surface area contributed by atoms with E-state index in [2.05, 4.69) is 43.1 Å². The van der Waals surface area contributed by atoms with Gasteiger partial charge in [-0.05, 0) is 147 Å². The Hall–Kier alpha value is -6.30. The number of piperazine rings is 1. The Morgan fingerprint density at radius 2 is 1.61 bits per heavy atom. The third kappa shape index (κ3) is 9.80. The molecule has 5 fully saturated rings. The molecule has 17 heteroatoms. The SMILES string of the molecule is CCc1c(F)ccc2cc(OCOC)cc(-c3ncc4c(N5CCC=CCC5)nc(OCC5(CN6CCC7(CC6)CC(CN6CCN(c8ccc9c(c8)CN([C@H]8CCC(=O)NC8=O)C9=O)CC6)C7)CC5)nc4c3F)c12. The number of benzene rings is 3. The number of imide groups is 1. The molecule has 0 bridgehead atoms. The Balaban J connectivity index is 0.665. The van der Waals surface area contributed by atoms with E-state index in [4.69, 9.17) is 29.2 Å². The molecule has 394 valence electrons. The first-order valence-corrected chi connectivity index (χ1v) is 27.2. The van der Waals surface area contributed by atoms with Gasteiger partial charge in [0.15, 0.2) is 12.6 Å². The van der Waals surface area contributed by atoms with Gasteiger partial charge in [0.25, 0.3) is 5.91 Å². The van der Waals surface area contributed by atoms with Crippen molar-refractivity contribution in [2.45, 2.75) is 90.1 Å². The number of pyridine rings is 1. The van der Waals surface area contributed by atoms with Crippen LogP contribution in [0.4, 0.5) is 20.3 Å². The largest absolute Gasteiger partial charge is 0.468 e. The number of carbonyl (C=O) groups is 3. The summed E-state index contributed by atoms with van der Waals surface area (Å²) in [6.07, 6.45) is 15.8. The molecule has 3 saturated heterocycles. The molecule has 5 aliphatic heterocycles. The molecule has 5 aromatic rings. The van der Waals surface area contributed by atoms with Gasteiger partial charge in [0, 0.05) is 101 Å². The molecule has 0 radical (unpaired) electrons. The number of aromatic nitrogens is 3. The zero-order valence-corrected chi connectivity index (χ0v) is 43.2. The predicted octanol–water partition coefficient (Wildman–Crippen LogP) is 8.06. The summed E-state index contributed by atoms with van der Waals surface area (Å²) in [6, 6.07) is 12.2. The first kappa shape index (κ1) is 49.6. The number of piperidine rings is 2. The zero-order valence-electron chi connectivity index (χ0n) is 43.2. The number of nitrogens with zero attached hydrogens (tertiary/aromatic N) is 8. The molecule has 15 nitrogen and oxygen atoms in total. The molecule has 1 spiro atoms. The molecule has 2 aromatic heterocycles. The van der Waals surface area contributed by atoms with Crippen molar-refractivity contribution in [1.82, 2.24) is 35.0 Å². The van der Waals surface area contributed by atoms with E-state index in [1.54, 1.807) is 23.2 Å². The average molecular weight is 1020 g/mol. The summed E-state index contributed by atoms with van der Waals surface area (Å²) in [5.41, 5.74) is 4.22. The Labute approximate surface area is 436 Å². The minimum absolute atomic E-state index is 0.00268. The number of rotatable bonds is 15. The highest BCUT2D eigenvalue weighted by atomic mass is 19.1. The number of nitrogens with one attached hydrogen (secondary N) is 1. The van der Waals surface area contributed by atoms with Gasteiger partial charge in [0.1, 0.15) is 34.6 Å². The van der Waals surface area contributed by atoms with Crippen molar-refractivity contribution in [2.75, 3.05) is 95.8 Å². The summed E-state index contributed by atoms with van der Waals surface area (Å²) in [5, 5.41) is 4.18. The number of anilines is 2. The molecule has 75 heavy (non-hydrogen) atoms. The molecule has 1 atom stereocenters. The van der Waals surface area contributed by atoms with Gasteiger partial charge in [-0.25, -0.2) is 8.78 Å². The maximum absolute atomic E-state index is 17.4. The highest BCUT2D eigenvalue weighted by Gasteiger charge is 2.50. The number of carbonyl (C=O) groups excluding carboxylic acids is 3. The van der Waals surface area contributed by atoms with Crippen molar-refractivity contribution in [1.29, 1.82) is 0 Å². The fourth-order valence-electron chi connectivity index (χ4n) is 13.2. The second kappa shape index (κ2) is 20.3. The van der Waals surface area contributed by atoms with E-state index < -0.39 is 11.9 Å². The second-order valence-corrected chi connectivity index (χ2v) is 22.4. The van der Waals surface area contributed by atoms with E-state index in [0.29, 0.717) is 88.9 Å². The van der Waals surface area contributed by atoms with Gasteiger partial charge in [-0.15, -0.1) is 0 Å². The van der Waals surface area contributed by atoms with E-state index in [0.717, 1.165) is 95.2 Å². The van der Waals surface area contributed by atoms with E-state index >= 15 is 8.78 Å². The molecule has 2 aliphatic carbocycles. The van der Waals surface area contributed by atoms with Crippen molar-refractivity contribution < 1.29 is 37.4 Å². The smallest absolute Gasteiger partial charge is 0.319 e. The fraction of sp³-hybridized carbons (Fsp3) is 0.517. The summed E-state index contributed by atoms with van der Waals surface area (Å²) >= 11 is 0. The van der Waals surface area contributed by atoms with Crippen LogP contribution >= 0.6 is 0 Å². The van der Waals surface area contributed by atoms with Gasteiger partial charge in [-0.3, -0.25) is 29.6 Å². The van der Waals surface area contributed by atoms with Gasteiger partial charge in [-0.2, -0.15) is 9.97 Å². The Bertz CT molecular complexity index is 3060. The highest BCUT2D eigenvalue weighted by molar-refractivity contribution is 6.06. The van der Waals surface area contributed by atoms with Gasteiger partial charge in [-0.1, -0.05) is 25.1 Å². The average Bonchev–Trinajstić information content (AvgIpc) is 4.17. The van der Waals surface area contributed by atoms with Crippen molar-refractivity contribution >= 4 is 50.9 Å². The van der Waals surface area contributed by atoms with Crippen molar-refractivity contribution in [3.63, 3.8) is 0 Å². The third-order valence-electron chi connectivity index (χ3n) is 17.5. The number of halogens is 2. The van der Waals surface area contributed by atoms with Crippen LogP contribution in [-0.4, -0.2) is 139 Å². The van der Waals surface area contributed by atoms with Crippen LogP contribution in [-0.2, 0) is 27.3 Å². The van der Waals surface area contributed by atoms with E-state index in [1.165, 1.54) is 38.9 Å². The van der Waals surface area contributed by atoms with Gasteiger partial charge >= 0.3 is 6.01 Å². The molecule has 3 amide bonds. The van der Waals surface area contributed by atoms with Gasteiger partial charge in [0.2, 0.25) is 11.8 Å². The normalized spacial score (nSPS) is 21.9. The van der Waals surface area contributed by atoms with Crippen molar-refractivity contribution in [3.8, 4) is 23.0 Å². The van der Waals surface area contributed by atoms with E-state index in [1.807, 2.05) is 25.1 Å². The number of amides is 3. The van der Waals surface area contributed by atoms with Crippen LogP contribution < -0.4 is 24.6 Å². The zero-order chi connectivity index (χ0) is 51.4. The second-order valence-electron chi connectivity index (χ2n) is 22.4. The van der Waals surface area contributed by atoms with Crippen LogP contribution in [0.1, 0.15) is 92.6 Å². The number of aryl methyl sites for hydroxylation is 1. The molecule has 12 rings (SSSR count). The molecule has 1 N–H and O–H groups in total. The standard InChI is InChI=1S/C58H67F2N9O6/c1-3-42-46(59)11-8-38-27-41(75-36-73-2)28-44(49(38)42)51-50(60)52-45(31-61-51)53(68-18-6-4-5-7-19-68)64-56(63-52)74-35-58(14-15-58)34-66-20-16-57(17-21-66)29-37(30-57)32-65-22-24-67(25-23-65)40-9-10-43-39(26-40)33-69(55(43)72)47-12-13-48(70)62-54(47)71/h4-5,8-11,26-28,31,37,47H,3,6-7,12-25,29-30,32-36H2,1-2H3,(H,62,70,71)/t47-/m0/s1. The number of fused-ring (bicyclic) bond motifs is 3. The summed E-state index contributed by atoms with van der Waals surface area (Å²) in [7, 11) is 1.53. The minimum atomic E-state index is -0.621. The summed E-state index contributed by atoms with van der Waals surface area (Å²) in [6.45, 7) is 12.3. The molecule has 7 aliphatic rings. The first-order valence-electron chi connectivity index (χ1n) is 27.2. The topological polar surface area (TPSA) is 146 Å². The molecule has 2 saturated carbocycles. The van der Waals surface area contributed by atoms with Gasteiger partial charge < -0.3 is 33.8 Å². The molecular formula is C58H67F2N9O6. The first-order chi connectivity index (χ1) is 36.5. The number of likely N-dealkylation sites (tertiary alicyclic amines) is 1. The summed E-state index contributed by atoms with van der Waals surface area (Å²) in [5.74, 6) is 0.00222. The quantitative estimate of drug-likeness (QED) is 0.0614. The number of hydrogen-bond donors (Lipinski definition) is 1. The Kier molecular flexibility index (Phi) is 13.4. The predicted molar refractivity (Wildman–Crippen MR) is 282 cm³/mol. The van der Waals surface area contributed by atoms with Crippen LogP contribution in [0.25, 0.3) is 32.9 Å². The maximum Gasteiger partial charge on any atom is 0.319 e.